The molecular weight excluding hydrogens is 281 g/mol. The molecule has 6 heteroatoms. The molecule has 0 saturated heterocycles. The lowest BCUT2D eigenvalue weighted by molar-refractivity contribution is 0.176. The van der Waals surface area contributed by atoms with E-state index in [0.29, 0.717) is 27.3 Å². The van der Waals surface area contributed by atoms with E-state index in [1.165, 1.54) is 0 Å². The number of ether oxygens (including phenoxy) is 1. The van der Waals surface area contributed by atoms with Gasteiger partial charge in [-0.05, 0) is 25.2 Å². The average molecular weight is 296 g/mol. The molecule has 2 unspecified atom stereocenters. The smallest absolute Gasteiger partial charge is 0.0624 e. The summed E-state index contributed by atoms with van der Waals surface area (Å²) in [5, 5.41) is 3.94. The first-order valence-corrected chi connectivity index (χ1v) is 7.15. The maximum atomic E-state index is 12.1. The third-order valence-corrected chi connectivity index (χ3v) is 4.51. The van der Waals surface area contributed by atoms with E-state index in [9.17, 15) is 4.21 Å². The highest BCUT2D eigenvalue weighted by molar-refractivity contribution is 7.85. The van der Waals surface area contributed by atoms with Gasteiger partial charge in [-0.15, -0.1) is 0 Å². The number of benzene rings is 1. The van der Waals surface area contributed by atoms with Crippen molar-refractivity contribution in [2.45, 2.75) is 10.9 Å². The van der Waals surface area contributed by atoms with Crippen molar-refractivity contribution in [2.24, 2.45) is 0 Å². The summed E-state index contributed by atoms with van der Waals surface area (Å²) in [5.41, 5.74) is 0. The Morgan fingerprint density at radius 2 is 2.12 bits per heavy atom. The zero-order chi connectivity index (χ0) is 12.8. The molecule has 0 amide bonds. The molecule has 0 bridgehead atoms. The van der Waals surface area contributed by atoms with Crippen LogP contribution in [0.1, 0.15) is 0 Å². The molecule has 1 aromatic rings. The molecule has 0 spiro atoms. The molecule has 0 fully saturated rings. The predicted molar refractivity (Wildman–Crippen MR) is 72.5 cm³/mol. The Kier molecular flexibility index (Phi) is 6.44. The topological polar surface area (TPSA) is 38.3 Å². The van der Waals surface area contributed by atoms with E-state index in [-0.39, 0.29) is 6.04 Å². The molecule has 1 N–H and O–H groups in total. The van der Waals surface area contributed by atoms with Crippen LogP contribution >= 0.6 is 23.2 Å². The molecule has 17 heavy (non-hydrogen) atoms. The van der Waals surface area contributed by atoms with E-state index in [1.807, 2.05) is 7.05 Å². The van der Waals surface area contributed by atoms with Gasteiger partial charge >= 0.3 is 0 Å². The van der Waals surface area contributed by atoms with Crippen molar-refractivity contribution >= 4 is 34.0 Å². The van der Waals surface area contributed by atoms with Gasteiger partial charge in [0.15, 0.2) is 0 Å². The Hall–Kier alpha value is -0.130. The molecule has 1 rings (SSSR count). The number of likely N-dealkylation sites (N-methyl/N-ethyl adjacent to an activating group) is 1. The van der Waals surface area contributed by atoms with Crippen LogP contribution in [0.2, 0.25) is 10.0 Å². The number of halogens is 2. The summed E-state index contributed by atoms with van der Waals surface area (Å²) in [5.74, 6) is 0.475. The fourth-order valence-corrected chi connectivity index (χ4v) is 2.97. The van der Waals surface area contributed by atoms with Crippen LogP contribution in [0.25, 0.3) is 0 Å². The highest BCUT2D eigenvalue weighted by Crippen LogP contribution is 2.24. The minimum absolute atomic E-state index is 0.0512. The summed E-state index contributed by atoms with van der Waals surface area (Å²) in [6.07, 6.45) is 0. The Morgan fingerprint density at radius 3 is 2.65 bits per heavy atom. The molecule has 0 aliphatic heterocycles. The van der Waals surface area contributed by atoms with Gasteiger partial charge in [-0.25, -0.2) is 0 Å². The van der Waals surface area contributed by atoms with Crippen LogP contribution in [0.3, 0.4) is 0 Å². The van der Waals surface area contributed by atoms with Crippen LogP contribution in [-0.4, -0.2) is 36.8 Å². The maximum absolute atomic E-state index is 12.1. The van der Waals surface area contributed by atoms with Gasteiger partial charge in [0.25, 0.3) is 0 Å². The van der Waals surface area contributed by atoms with Crippen molar-refractivity contribution in [1.29, 1.82) is 0 Å². The Morgan fingerprint density at radius 1 is 1.41 bits per heavy atom. The number of methoxy groups -OCH3 is 1. The lowest BCUT2D eigenvalue weighted by atomic mass is 10.4. The van der Waals surface area contributed by atoms with Crippen LogP contribution in [0.4, 0.5) is 0 Å². The first-order chi connectivity index (χ1) is 8.08. The van der Waals surface area contributed by atoms with Crippen molar-refractivity contribution < 1.29 is 8.95 Å². The number of nitrogens with one attached hydrogen (secondary N) is 1. The lowest BCUT2D eigenvalue weighted by Crippen LogP contribution is -2.35. The largest absolute Gasteiger partial charge is 0.383 e. The molecule has 3 nitrogen and oxygen atoms in total. The second-order valence-corrected chi connectivity index (χ2v) is 5.84. The van der Waals surface area contributed by atoms with E-state index < -0.39 is 10.8 Å². The Balaban J connectivity index is 2.72. The quantitative estimate of drug-likeness (QED) is 0.875. The molecular formula is C11H15Cl2NO2S. The summed E-state index contributed by atoms with van der Waals surface area (Å²) in [7, 11) is 2.31. The van der Waals surface area contributed by atoms with Crippen molar-refractivity contribution in [2.75, 3.05) is 26.5 Å². The third-order valence-electron chi connectivity index (χ3n) is 2.28. The van der Waals surface area contributed by atoms with Crippen molar-refractivity contribution in [3.05, 3.63) is 28.2 Å². The van der Waals surface area contributed by atoms with E-state index >= 15 is 0 Å². The summed E-state index contributed by atoms with van der Waals surface area (Å²) in [4.78, 5) is 0.677. The first-order valence-electron chi connectivity index (χ1n) is 5.08. The van der Waals surface area contributed by atoms with Crippen LogP contribution < -0.4 is 5.32 Å². The minimum Gasteiger partial charge on any atom is -0.383 e. The van der Waals surface area contributed by atoms with Gasteiger partial charge in [0.1, 0.15) is 0 Å². The monoisotopic (exact) mass is 295 g/mol. The SMILES string of the molecule is CNC(COC)CS(=O)c1ccc(Cl)c(Cl)c1. The van der Waals surface area contributed by atoms with Crippen LogP contribution in [0, 0.1) is 0 Å². The molecule has 0 heterocycles. The summed E-state index contributed by atoms with van der Waals surface area (Å²) in [6.45, 7) is 0.517. The normalized spacial score (nSPS) is 14.6. The van der Waals surface area contributed by atoms with Gasteiger partial charge in [0, 0.05) is 23.8 Å². The second-order valence-electron chi connectivity index (χ2n) is 3.53. The molecule has 0 aliphatic rings. The van der Waals surface area contributed by atoms with Gasteiger partial charge in [0.2, 0.25) is 0 Å². The Labute approximate surface area is 114 Å². The van der Waals surface area contributed by atoms with E-state index in [0.717, 1.165) is 0 Å². The molecule has 0 saturated carbocycles. The summed E-state index contributed by atoms with van der Waals surface area (Å²) in [6, 6.07) is 5.07. The fraction of sp³-hybridized carbons (Fsp3) is 0.455. The van der Waals surface area contributed by atoms with E-state index in [1.54, 1.807) is 25.3 Å². The first kappa shape index (κ1) is 14.9. The fourth-order valence-electron chi connectivity index (χ4n) is 1.31. The van der Waals surface area contributed by atoms with Gasteiger partial charge in [-0.1, -0.05) is 23.2 Å². The molecule has 1 aromatic carbocycles. The van der Waals surface area contributed by atoms with E-state index in [4.69, 9.17) is 27.9 Å². The molecule has 2 atom stereocenters. The average Bonchev–Trinajstić information content (AvgIpc) is 2.31. The summed E-state index contributed by atoms with van der Waals surface area (Å²) >= 11 is 11.7. The predicted octanol–water partition coefficient (Wildman–Crippen LogP) is 2.34. The van der Waals surface area contributed by atoms with Gasteiger partial charge in [0.05, 0.1) is 27.5 Å². The molecule has 0 aromatic heterocycles. The molecule has 0 aliphatic carbocycles. The highest BCUT2D eigenvalue weighted by atomic mass is 35.5. The van der Waals surface area contributed by atoms with Crippen LogP contribution in [-0.2, 0) is 15.5 Å². The van der Waals surface area contributed by atoms with Gasteiger partial charge in [-0.2, -0.15) is 0 Å². The zero-order valence-electron chi connectivity index (χ0n) is 9.70. The van der Waals surface area contributed by atoms with Crippen LogP contribution in [0.15, 0.2) is 23.1 Å². The lowest BCUT2D eigenvalue weighted by Gasteiger charge is -2.14. The molecule has 0 radical (unpaired) electrons. The number of hydrogen-bond donors (Lipinski definition) is 1. The maximum Gasteiger partial charge on any atom is 0.0624 e. The van der Waals surface area contributed by atoms with E-state index in [2.05, 4.69) is 5.32 Å². The molecule has 96 valence electrons. The minimum atomic E-state index is -1.12. The second kappa shape index (κ2) is 7.34. The summed E-state index contributed by atoms with van der Waals surface area (Å²) < 4.78 is 17.1. The Bertz CT molecular complexity index is 401. The van der Waals surface area contributed by atoms with Crippen molar-refractivity contribution in [3.8, 4) is 0 Å². The highest BCUT2D eigenvalue weighted by Gasteiger charge is 2.13. The number of hydrogen-bond acceptors (Lipinski definition) is 3. The standard InChI is InChI=1S/C11H15Cl2NO2S/c1-14-8(6-16-2)7-17(15)9-3-4-10(12)11(13)5-9/h3-5,8,14H,6-7H2,1-2H3. The van der Waals surface area contributed by atoms with Gasteiger partial charge in [-0.3, -0.25) is 4.21 Å². The third kappa shape index (κ3) is 4.56. The van der Waals surface area contributed by atoms with Crippen molar-refractivity contribution in [1.82, 2.24) is 5.32 Å². The number of rotatable bonds is 6. The zero-order valence-corrected chi connectivity index (χ0v) is 12.0. The van der Waals surface area contributed by atoms with Crippen LogP contribution in [0.5, 0.6) is 0 Å². The van der Waals surface area contributed by atoms with Gasteiger partial charge < -0.3 is 10.1 Å². The van der Waals surface area contributed by atoms with Crippen molar-refractivity contribution in [3.63, 3.8) is 0 Å².